The standard InChI is InChI=1S/C56H34N4O/c1-3-12-35(13-4-1)36-22-26-40(27-23-36)53-58-54(41-28-24-38(25-29-41)45-21-11-18-37-14-7-9-19-44(37)45)60-55(59-53)48-34-43-17-8-10-20-46(43)51-47(48)32-30-39-31-33-49-52(50(39)51)61-56(57-49)42-15-5-2-6-16-42/h1-34H. The third-order valence-corrected chi connectivity index (χ3v) is 11.7. The number of aromatic nitrogens is 4. The molecule has 5 nitrogen and oxygen atoms in total. The van der Waals surface area contributed by atoms with E-state index < -0.39 is 0 Å². The molecule has 0 aliphatic rings. The zero-order chi connectivity index (χ0) is 40.3. The van der Waals surface area contributed by atoms with Crippen molar-refractivity contribution in [2.45, 2.75) is 0 Å². The molecule has 284 valence electrons. The average Bonchev–Trinajstić information content (AvgIpc) is 3.79. The predicted molar refractivity (Wildman–Crippen MR) is 250 cm³/mol. The van der Waals surface area contributed by atoms with Gasteiger partial charge in [0.2, 0.25) is 5.89 Å². The van der Waals surface area contributed by atoms with Crippen LogP contribution in [-0.2, 0) is 0 Å². The molecule has 0 saturated heterocycles. The average molecular weight is 779 g/mol. The molecule has 0 spiro atoms. The predicted octanol–water partition coefficient (Wildman–Crippen LogP) is 14.6. The van der Waals surface area contributed by atoms with Gasteiger partial charge < -0.3 is 4.42 Å². The van der Waals surface area contributed by atoms with Crippen LogP contribution in [0.2, 0.25) is 0 Å². The molecular formula is C56H34N4O. The van der Waals surface area contributed by atoms with Gasteiger partial charge in [0.1, 0.15) is 5.52 Å². The van der Waals surface area contributed by atoms with Crippen molar-refractivity contribution >= 4 is 54.2 Å². The molecule has 0 bridgehead atoms. The number of oxazole rings is 1. The van der Waals surface area contributed by atoms with E-state index >= 15 is 0 Å². The van der Waals surface area contributed by atoms with Crippen LogP contribution in [-0.4, -0.2) is 19.9 Å². The number of benzene rings is 10. The van der Waals surface area contributed by atoms with E-state index in [0.29, 0.717) is 23.4 Å². The lowest BCUT2D eigenvalue weighted by atomic mass is 9.92. The lowest BCUT2D eigenvalue weighted by Crippen LogP contribution is -2.01. The van der Waals surface area contributed by atoms with Gasteiger partial charge in [0, 0.05) is 33.0 Å². The zero-order valence-electron chi connectivity index (χ0n) is 32.8. The summed E-state index contributed by atoms with van der Waals surface area (Å²) in [5.41, 5.74) is 9.83. The Balaban J connectivity index is 1.07. The van der Waals surface area contributed by atoms with Gasteiger partial charge in [0.15, 0.2) is 23.1 Å². The summed E-state index contributed by atoms with van der Waals surface area (Å²) in [5, 5.41) is 8.80. The largest absolute Gasteiger partial charge is 0.435 e. The second-order valence-corrected chi connectivity index (χ2v) is 15.4. The molecule has 12 rings (SSSR count). The van der Waals surface area contributed by atoms with Crippen LogP contribution in [0.4, 0.5) is 0 Å². The molecule has 5 heteroatoms. The maximum Gasteiger partial charge on any atom is 0.227 e. The molecule has 10 aromatic carbocycles. The Labute approximate surface area is 351 Å². The molecule has 2 aromatic heterocycles. The summed E-state index contributed by atoms with van der Waals surface area (Å²) in [6, 6.07) is 71.8. The van der Waals surface area contributed by atoms with Crippen LogP contribution in [0.15, 0.2) is 211 Å². The maximum absolute atomic E-state index is 6.68. The first-order chi connectivity index (χ1) is 30.2. The molecule has 12 aromatic rings. The number of hydrogen-bond acceptors (Lipinski definition) is 5. The monoisotopic (exact) mass is 778 g/mol. The third kappa shape index (κ3) is 6.02. The maximum atomic E-state index is 6.68. The molecule has 0 aliphatic carbocycles. The summed E-state index contributed by atoms with van der Waals surface area (Å²) in [6.45, 7) is 0. The fraction of sp³-hybridized carbons (Fsp3) is 0. The van der Waals surface area contributed by atoms with Crippen LogP contribution < -0.4 is 0 Å². The molecular weight excluding hydrogens is 745 g/mol. The van der Waals surface area contributed by atoms with Gasteiger partial charge in [-0.15, -0.1) is 0 Å². The summed E-state index contributed by atoms with van der Waals surface area (Å²) in [6.07, 6.45) is 0. The SMILES string of the molecule is c1ccc(-c2ccc(-c3nc(-c4ccc(-c5cccc6ccccc56)cc4)nc(-c4cc5ccccc5c5c4ccc4ccc6nc(-c7ccccc7)oc6c45)n3)cc2)cc1. The van der Waals surface area contributed by atoms with Crippen molar-refractivity contribution in [2.75, 3.05) is 0 Å². The van der Waals surface area contributed by atoms with Gasteiger partial charge in [-0.1, -0.05) is 182 Å². The van der Waals surface area contributed by atoms with Crippen molar-refractivity contribution in [2.24, 2.45) is 0 Å². The van der Waals surface area contributed by atoms with Gasteiger partial charge in [-0.3, -0.25) is 0 Å². The van der Waals surface area contributed by atoms with E-state index in [0.717, 1.165) is 82.4 Å². The Bertz CT molecular complexity index is 3610. The van der Waals surface area contributed by atoms with Crippen LogP contribution in [0, 0.1) is 0 Å². The fourth-order valence-electron chi connectivity index (χ4n) is 8.75. The first-order valence-corrected chi connectivity index (χ1v) is 20.5. The minimum atomic E-state index is 0.593. The van der Waals surface area contributed by atoms with Crippen LogP contribution in [0.3, 0.4) is 0 Å². The summed E-state index contributed by atoms with van der Waals surface area (Å²) in [4.78, 5) is 20.7. The molecule has 0 N–H and O–H groups in total. The van der Waals surface area contributed by atoms with Crippen molar-refractivity contribution in [3.05, 3.63) is 206 Å². The Hall–Kier alpha value is -8.28. The Kier molecular flexibility index (Phi) is 8.10. The highest BCUT2D eigenvalue weighted by atomic mass is 16.3. The Morgan fingerprint density at radius 2 is 0.852 bits per heavy atom. The second kappa shape index (κ2) is 14.2. The Morgan fingerprint density at radius 3 is 1.59 bits per heavy atom. The van der Waals surface area contributed by atoms with Crippen LogP contribution >= 0.6 is 0 Å². The summed E-state index contributed by atoms with van der Waals surface area (Å²) < 4.78 is 6.68. The lowest BCUT2D eigenvalue weighted by Gasteiger charge is -2.14. The molecule has 0 radical (unpaired) electrons. The van der Waals surface area contributed by atoms with E-state index in [-0.39, 0.29) is 0 Å². The molecule has 0 fully saturated rings. The van der Waals surface area contributed by atoms with Crippen LogP contribution in [0.25, 0.3) is 122 Å². The third-order valence-electron chi connectivity index (χ3n) is 11.7. The number of nitrogens with zero attached hydrogens (tertiary/aromatic N) is 4. The summed E-state index contributed by atoms with van der Waals surface area (Å²) >= 11 is 0. The van der Waals surface area contributed by atoms with E-state index in [1.54, 1.807) is 0 Å². The van der Waals surface area contributed by atoms with Crippen molar-refractivity contribution in [3.8, 4) is 67.9 Å². The van der Waals surface area contributed by atoms with Crippen molar-refractivity contribution < 1.29 is 4.42 Å². The quantitative estimate of drug-likeness (QED) is 0.157. The van der Waals surface area contributed by atoms with E-state index in [4.69, 9.17) is 24.4 Å². The number of rotatable bonds is 6. The highest BCUT2D eigenvalue weighted by Gasteiger charge is 2.20. The lowest BCUT2D eigenvalue weighted by molar-refractivity contribution is 0.623. The summed E-state index contributed by atoms with van der Waals surface area (Å²) in [5.74, 6) is 2.39. The zero-order valence-corrected chi connectivity index (χ0v) is 32.8. The van der Waals surface area contributed by atoms with Gasteiger partial charge in [0.05, 0.1) is 0 Å². The molecule has 0 saturated carbocycles. The first-order valence-electron chi connectivity index (χ1n) is 20.5. The van der Waals surface area contributed by atoms with Crippen molar-refractivity contribution in [1.29, 1.82) is 0 Å². The van der Waals surface area contributed by atoms with Gasteiger partial charge >= 0.3 is 0 Å². The number of hydrogen-bond donors (Lipinski definition) is 0. The van der Waals surface area contributed by atoms with Crippen molar-refractivity contribution in [1.82, 2.24) is 19.9 Å². The minimum absolute atomic E-state index is 0.593. The van der Waals surface area contributed by atoms with E-state index in [2.05, 4.69) is 164 Å². The highest BCUT2D eigenvalue weighted by molar-refractivity contribution is 6.28. The Morgan fingerprint density at radius 1 is 0.295 bits per heavy atom. The highest BCUT2D eigenvalue weighted by Crippen LogP contribution is 2.42. The molecule has 0 aliphatic heterocycles. The van der Waals surface area contributed by atoms with Gasteiger partial charge in [-0.25, -0.2) is 19.9 Å². The van der Waals surface area contributed by atoms with Gasteiger partial charge in [-0.05, 0) is 78.8 Å². The van der Waals surface area contributed by atoms with E-state index in [9.17, 15) is 0 Å². The topological polar surface area (TPSA) is 64.7 Å². The second-order valence-electron chi connectivity index (χ2n) is 15.4. The smallest absolute Gasteiger partial charge is 0.227 e. The molecule has 2 heterocycles. The van der Waals surface area contributed by atoms with Crippen molar-refractivity contribution in [3.63, 3.8) is 0 Å². The fourth-order valence-corrected chi connectivity index (χ4v) is 8.75. The molecule has 0 amide bonds. The molecule has 61 heavy (non-hydrogen) atoms. The molecule has 0 unspecified atom stereocenters. The van der Waals surface area contributed by atoms with Gasteiger partial charge in [0.25, 0.3) is 0 Å². The van der Waals surface area contributed by atoms with Crippen LogP contribution in [0.5, 0.6) is 0 Å². The minimum Gasteiger partial charge on any atom is -0.435 e. The van der Waals surface area contributed by atoms with Crippen LogP contribution in [0.1, 0.15) is 0 Å². The normalized spacial score (nSPS) is 11.6. The number of fused-ring (bicyclic) bond motifs is 8. The molecule has 0 atom stereocenters. The van der Waals surface area contributed by atoms with Gasteiger partial charge in [-0.2, -0.15) is 0 Å². The first kappa shape index (κ1) is 34.7. The van der Waals surface area contributed by atoms with E-state index in [1.165, 1.54) is 16.3 Å². The van der Waals surface area contributed by atoms with E-state index in [1.807, 2.05) is 42.5 Å². The summed E-state index contributed by atoms with van der Waals surface area (Å²) in [7, 11) is 0.